The number of aryl methyl sites for hydroxylation is 1. The highest BCUT2D eigenvalue weighted by Gasteiger charge is 2.17. The van der Waals surface area contributed by atoms with Gasteiger partial charge in [-0.15, -0.1) is 0 Å². The summed E-state index contributed by atoms with van der Waals surface area (Å²) in [6, 6.07) is 11.8. The van der Waals surface area contributed by atoms with E-state index < -0.39 is 5.91 Å². The quantitative estimate of drug-likeness (QED) is 0.535. The van der Waals surface area contributed by atoms with Crippen LogP contribution >= 0.6 is 0 Å². The number of ether oxygens (including phenoxy) is 1. The molecule has 9 heteroatoms. The zero-order valence-electron chi connectivity index (χ0n) is 16.5. The number of carbonyl (C=O) groups is 1. The lowest BCUT2D eigenvalue weighted by Crippen LogP contribution is -2.43. The molecular formula is C21H21N7O2. The maximum Gasteiger partial charge on any atom is 0.322 e. The predicted octanol–water partition coefficient (Wildman–Crippen LogP) is 1.82. The van der Waals surface area contributed by atoms with E-state index in [4.69, 9.17) is 10.5 Å². The van der Waals surface area contributed by atoms with Crippen molar-refractivity contribution in [2.24, 2.45) is 12.8 Å². The van der Waals surface area contributed by atoms with Crippen LogP contribution in [0.3, 0.4) is 0 Å². The SMILES string of the molecule is Cn1nc(C(N)=O)c2ccc3cnc(Oc4ccc(N5CCNCC5)cc4)nc3c21. The molecule has 0 unspecified atom stereocenters. The molecule has 0 saturated carbocycles. The molecule has 1 aliphatic heterocycles. The fraction of sp³-hybridized carbons (Fsp3) is 0.238. The van der Waals surface area contributed by atoms with Crippen molar-refractivity contribution in [2.75, 3.05) is 31.1 Å². The summed E-state index contributed by atoms with van der Waals surface area (Å²) in [4.78, 5) is 22.9. The van der Waals surface area contributed by atoms with E-state index >= 15 is 0 Å². The van der Waals surface area contributed by atoms with Crippen LogP contribution in [-0.2, 0) is 7.05 Å². The average molecular weight is 403 g/mol. The Hall–Kier alpha value is -3.72. The molecule has 5 rings (SSSR count). The van der Waals surface area contributed by atoms with E-state index in [-0.39, 0.29) is 11.7 Å². The fourth-order valence-electron chi connectivity index (χ4n) is 3.82. The Bertz CT molecular complexity index is 1240. The number of carbonyl (C=O) groups excluding carboxylic acids is 1. The smallest absolute Gasteiger partial charge is 0.322 e. The molecule has 0 aliphatic carbocycles. The second kappa shape index (κ2) is 7.27. The first kappa shape index (κ1) is 18.3. The lowest BCUT2D eigenvalue weighted by atomic mass is 10.1. The van der Waals surface area contributed by atoms with E-state index in [9.17, 15) is 4.79 Å². The van der Waals surface area contributed by atoms with Crippen LogP contribution in [-0.4, -0.2) is 51.8 Å². The van der Waals surface area contributed by atoms with Gasteiger partial charge in [0.1, 0.15) is 11.3 Å². The zero-order chi connectivity index (χ0) is 20.7. The van der Waals surface area contributed by atoms with Gasteiger partial charge in [-0.2, -0.15) is 10.1 Å². The molecule has 3 heterocycles. The number of rotatable bonds is 4. The highest BCUT2D eigenvalue weighted by atomic mass is 16.5. The molecule has 1 fully saturated rings. The number of nitrogens with one attached hydrogen (secondary N) is 1. The number of piperazine rings is 1. The minimum atomic E-state index is -0.574. The molecule has 0 atom stereocenters. The number of amides is 1. The minimum Gasteiger partial charge on any atom is -0.424 e. The van der Waals surface area contributed by atoms with Crippen molar-refractivity contribution in [1.82, 2.24) is 25.1 Å². The molecule has 4 aromatic rings. The van der Waals surface area contributed by atoms with Crippen molar-refractivity contribution in [3.63, 3.8) is 0 Å². The van der Waals surface area contributed by atoms with Gasteiger partial charge in [-0.25, -0.2) is 4.98 Å². The van der Waals surface area contributed by atoms with E-state index in [1.54, 1.807) is 17.9 Å². The summed E-state index contributed by atoms with van der Waals surface area (Å²) >= 11 is 0. The molecule has 152 valence electrons. The normalized spacial score (nSPS) is 14.4. The van der Waals surface area contributed by atoms with Gasteiger partial charge in [-0.3, -0.25) is 9.48 Å². The molecule has 1 saturated heterocycles. The lowest BCUT2D eigenvalue weighted by Gasteiger charge is -2.29. The predicted molar refractivity (Wildman–Crippen MR) is 114 cm³/mol. The van der Waals surface area contributed by atoms with Gasteiger partial charge in [0.2, 0.25) is 0 Å². The largest absolute Gasteiger partial charge is 0.424 e. The number of benzene rings is 2. The molecule has 9 nitrogen and oxygen atoms in total. The van der Waals surface area contributed by atoms with Crippen molar-refractivity contribution >= 4 is 33.4 Å². The van der Waals surface area contributed by atoms with Crippen LogP contribution in [0.1, 0.15) is 10.5 Å². The summed E-state index contributed by atoms with van der Waals surface area (Å²) < 4.78 is 7.51. The second-order valence-electron chi connectivity index (χ2n) is 7.22. The zero-order valence-corrected chi connectivity index (χ0v) is 16.5. The van der Waals surface area contributed by atoms with Crippen molar-refractivity contribution in [1.29, 1.82) is 0 Å². The number of nitrogens with zero attached hydrogens (tertiary/aromatic N) is 5. The van der Waals surface area contributed by atoms with Crippen LogP contribution in [0.5, 0.6) is 11.8 Å². The van der Waals surface area contributed by atoms with Gasteiger partial charge >= 0.3 is 6.01 Å². The van der Waals surface area contributed by atoms with Crippen LogP contribution < -0.4 is 20.7 Å². The maximum absolute atomic E-state index is 11.7. The van der Waals surface area contributed by atoms with Crippen LogP contribution in [0.15, 0.2) is 42.6 Å². The summed E-state index contributed by atoms with van der Waals surface area (Å²) in [5.74, 6) is 0.0818. The number of hydrogen-bond acceptors (Lipinski definition) is 7. The van der Waals surface area contributed by atoms with Crippen LogP contribution in [0, 0.1) is 0 Å². The Morgan fingerprint density at radius 3 is 2.63 bits per heavy atom. The van der Waals surface area contributed by atoms with Gasteiger partial charge in [-0.1, -0.05) is 6.07 Å². The van der Waals surface area contributed by atoms with Gasteiger partial charge in [-0.05, 0) is 30.3 Å². The van der Waals surface area contributed by atoms with Crippen molar-refractivity contribution in [2.45, 2.75) is 0 Å². The van der Waals surface area contributed by atoms with Gasteiger partial charge in [0.15, 0.2) is 5.69 Å². The minimum absolute atomic E-state index is 0.221. The average Bonchev–Trinajstić information content (AvgIpc) is 3.12. The summed E-state index contributed by atoms with van der Waals surface area (Å²) in [6.45, 7) is 3.95. The number of nitrogens with two attached hydrogens (primary N) is 1. The number of aromatic nitrogens is 4. The van der Waals surface area contributed by atoms with Crippen molar-refractivity contribution in [3.8, 4) is 11.8 Å². The molecule has 3 N–H and O–H groups in total. The Labute approximate surface area is 172 Å². The number of anilines is 1. The lowest BCUT2D eigenvalue weighted by molar-refractivity contribution is 0.0996. The Balaban J connectivity index is 1.47. The monoisotopic (exact) mass is 403 g/mol. The number of hydrogen-bond donors (Lipinski definition) is 2. The van der Waals surface area contributed by atoms with E-state index in [2.05, 4.69) is 25.3 Å². The molecule has 1 amide bonds. The third-order valence-corrected chi connectivity index (χ3v) is 5.29. The molecule has 0 bridgehead atoms. The second-order valence-corrected chi connectivity index (χ2v) is 7.22. The first-order chi connectivity index (χ1) is 14.6. The molecule has 2 aromatic heterocycles. The third-order valence-electron chi connectivity index (χ3n) is 5.29. The van der Waals surface area contributed by atoms with E-state index in [1.807, 2.05) is 36.4 Å². The first-order valence-electron chi connectivity index (χ1n) is 9.76. The molecule has 2 aromatic carbocycles. The highest BCUT2D eigenvalue weighted by Crippen LogP contribution is 2.28. The summed E-state index contributed by atoms with van der Waals surface area (Å²) in [5.41, 5.74) is 8.20. The Morgan fingerprint density at radius 1 is 1.13 bits per heavy atom. The van der Waals surface area contributed by atoms with Crippen LogP contribution in [0.4, 0.5) is 5.69 Å². The van der Waals surface area contributed by atoms with Gasteiger partial charge < -0.3 is 20.7 Å². The van der Waals surface area contributed by atoms with Crippen molar-refractivity contribution < 1.29 is 9.53 Å². The maximum atomic E-state index is 11.7. The van der Waals surface area contributed by atoms with Gasteiger partial charge in [0.05, 0.1) is 5.52 Å². The van der Waals surface area contributed by atoms with Gasteiger partial charge in [0.25, 0.3) is 5.91 Å². The molecule has 30 heavy (non-hydrogen) atoms. The first-order valence-corrected chi connectivity index (χ1v) is 9.76. The Morgan fingerprint density at radius 2 is 1.90 bits per heavy atom. The van der Waals surface area contributed by atoms with Crippen molar-refractivity contribution in [3.05, 3.63) is 48.3 Å². The molecular weight excluding hydrogens is 382 g/mol. The topological polar surface area (TPSA) is 111 Å². The molecule has 0 radical (unpaired) electrons. The fourth-order valence-corrected chi connectivity index (χ4v) is 3.82. The Kier molecular flexibility index (Phi) is 4.44. The standard InChI is InChI=1S/C21H21N7O2/c1-27-19-16(18(26-27)20(22)29)7-2-13-12-24-21(25-17(13)19)30-15-5-3-14(4-6-15)28-10-8-23-9-11-28/h2-7,12,23H,8-11H2,1H3,(H2,22,29). The third kappa shape index (κ3) is 3.18. The van der Waals surface area contributed by atoms with E-state index in [0.717, 1.165) is 31.6 Å². The molecule has 1 aliphatic rings. The summed E-state index contributed by atoms with van der Waals surface area (Å²) in [6.07, 6.45) is 1.70. The summed E-state index contributed by atoms with van der Waals surface area (Å²) in [7, 11) is 1.76. The highest BCUT2D eigenvalue weighted by molar-refractivity contribution is 6.11. The number of fused-ring (bicyclic) bond motifs is 3. The van der Waals surface area contributed by atoms with Crippen LogP contribution in [0.2, 0.25) is 0 Å². The van der Waals surface area contributed by atoms with E-state index in [0.29, 0.717) is 22.2 Å². The number of primary amides is 1. The van der Waals surface area contributed by atoms with Crippen LogP contribution in [0.25, 0.3) is 21.8 Å². The summed E-state index contributed by atoms with van der Waals surface area (Å²) in [5, 5.41) is 9.07. The molecule has 0 spiro atoms. The van der Waals surface area contributed by atoms with E-state index in [1.165, 1.54) is 5.69 Å². The van der Waals surface area contributed by atoms with Gasteiger partial charge in [0, 0.05) is 55.9 Å².